The highest BCUT2D eigenvalue weighted by Gasteiger charge is 2.25. The minimum absolute atomic E-state index is 1.09. The maximum atomic E-state index is 4.22. The Kier molecular flexibility index (Phi) is 4.66. The summed E-state index contributed by atoms with van der Waals surface area (Å²) >= 11 is 1.81. The van der Waals surface area contributed by atoms with E-state index < -0.39 is 0 Å². The number of pyridine rings is 3. The second kappa shape index (κ2) is 7.94. The van der Waals surface area contributed by atoms with Gasteiger partial charge in [-0.3, -0.25) is 15.0 Å². The average molecular weight is 431 g/mol. The SMILES string of the molecule is c1cc(-c2ccc3c(c2)Sc2cc(-c4ccncc4)ccc2N3c2ccncc2)ccn1. The van der Waals surface area contributed by atoms with Gasteiger partial charge in [-0.05, 0) is 82.9 Å². The van der Waals surface area contributed by atoms with Crippen LogP contribution >= 0.6 is 11.8 Å². The van der Waals surface area contributed by atoms with Crippen LogP contribution in [0.2, 0.25) is 0 Å². The number of hydrogen-bond acceptors (Lipinski definition) is 5. The van der Waals surface area contributed by atoms with Crippen LogP contribution in [0.25, 0.3) is 22.3 Å². The molecule has 1 aliphatic heterocycles. The first kappa shape index (κ1) is 18.8. The molecule has 0 saturated heterocycles. The fraction of sp³-hybridized carbons (Fsp3) is 0. The number of benzene rings is 2. The smallest absolute Gasteiger partial charge is 0.0602 e. The normalized spacial score (nSPS) is 12.2. The zero-order chi connectivity index (χ0) is 21.3. The Morgan fingerprint density at radius 3 is 1.38 bits per heavy atom. The third kappa shape index (κ3) is 3.33. The molecule has 5 aromatic rings. The van der Waals surface area contributed by atoms with Gasteiger partial charge in [0.25, 0.3) is 0 Å². The molecule has 0 saturated carbocycles. The molecule has 4 heterocycles. The molecule has 0 bridgehead atoms. The summed E-state index contributed by atoms with van der Waals surface area (Å²) in [5.74, 6) is 0. The maximum absolute atomic E-state index is 4.22. The molecule has 0 radical (unpaired) electrons. The van der Waals surface area contributed by atoms with Crippen molar-refractivity contribution in [3.8, 4) is 22.3 Å². The van der Waals surface area contributed by atoms with E-state index in [9.17, 15) is 0 Å². The first-order valence-corrected chi connectivity index (χ1v) is 11.2. The zero-order valence-electron chi connectivity index (χ0n) is 17.1. The van der Waals surface area contributed by atoms with Crippen molar-refractivity contribution in [3.05, 3.63) is 110 Å². The molecule has 4 nitrogen and oxygen atoms in total. The van der Waals surface area contributed by atoms with E-state index in [1.807, 2.05) is 73.2 Å². The third-order valence-corrected chi connectivity index (χ3v) is 6.66. The van der Waals surface area contributed by atoms with Crippen molar-refractivity contribution < 1.29 is 0 Å². The Labute approximate surface area is 190 Å². The fourth-order valence-corrected chi connectivity index (χ4v) is 5.17. The van der Waals surface area contributed by atoms with Gasteiger partial charge in [0.15, 0.2) is 0 Å². The molecule has 32 heavy (non-hydrogen) atoms. The molecule has 3 aromatic heterocycles. The van der Waals surface area contributed by atoms with Crippen LogP contribution in [0.4, 0.5) is 17.1 Å². The summed E-state index contributed by atoms with van der Waals surface area (Å²) < 4.78 is 0. The largest absolute Gasteiger partial charge is 0.308 e. The van der Waals surface area contributed by atoms with Gasteiger partial charge in [0.2, 0.25) is 0 Å². The van der Waals surface area contributed by atoms with Gasteiger partial charge in [-0.1, -0.05) is 23.9 Å². The average Bonchev–Trinajstić information content (AvgIpc) is 2.88. The second-order valence-electron chi connectivity index (χ2n) is 7.48. The predicted molar refractivity (Wildman–Crippen MR) is 130 cm³/mol. The molecule has 0 unspecified atom stereocenters. The molecule has 6 rings (SSSR count). The lowest BCUT2D eigenvalue weighted by atomic mass is 10.0. The standard InChI is InChI=1S/C27H18N4S/c1-3-24-26(17-21(1)19-5-11-28-12-6-19)32-27-18-22(20-7-13-29-14-8-20)2-4-25(27)31(24)23-9-15-30-16-10-23/h1-18H. The van der Waals surface area contributed by atoms with E-state index in [0.29, 0.717) is 0 Å². The van der Waals surface area contributed by atoms with Crippen molar-refractivity contribution in [2.45, 2.75) is 9.79 Å². The van der Waals surface area contributed by atoms with Crippen molar-refractivity contribution in [1.29, 1.82) is 0 Å². The van der Waals surface area contributed by atoms with Crippen LogP contribution in [-0.2, 0) is 0 Å². The molecular formula is C27H18N4S. The van der Waals surface area contributed by atoms with Crippen molar-refractivity contribution in [3.63, 3.8) is 0 Å². The van der Waals surface area contributed by atoms with E-state index in [2.05, 4.69) is 68.4 Å². The van der Waals surface area contributed by atoms with E-state index in [0.717, 1.165) is 16.8 Å². The van der Waals surface area contributed by atoms with Gasteiger partial charge in [-0.15, -0.1) is 0 Å². The lowest BCUT2D eigenvalue weighted by Crippen LogP contribution is -2.15. The first-order chi connectivity index (χ1) is 15.9. The van der Waals surface area contributed by atoms with Crippen LogP contribution in [0.15, 0.2) is 120 Å². The molecule has 0 spiro atoms. The van der Waals surface area contributed by atoms with E-state index in [1.54, 1.807) is 0 Å². The van der Waals surface area contributed by atoms with E-state index in [1.165, 1.54) is 32.3 Å². The lowest BCUT2D eigenvalue weighted by Gasteiger charge is -2.33. The van der Waals surface area contributed by atoms with E-state index >= 15 is 0 Å². The minimum atomic E-state index is 1.09. The third-order valence-electron chi connectivity index (χ3n) is 5.57. The Hall–Kier alpha value is -3.96. The van der Waals surface area contributed by atoms with Crippen LogP contribution in [0.5, 0.6) is 0 Å². The maximum Gasteiger partial charge on any atom is 0.0602 e. The van der Waals surface area contributed by atoms with Crippen LogP contribution in [0.1, 0.15) is 0 Å². The molecule has 1 aliphatic rings. The van der Waals surface area contributed by atoms with Crippen LogP contribution in [0.3, 0.4) is 0 Å². The van der Waals surface area contributed by atoms with Crippen molar-refractivity contribution >= 4 is 28.8 Å². The van der Waals surface area contributed by atoms with Gasteiger partial charge in [0, 0.05) is 52.7 Å². The summed E-state index contributed by atoms with van der Waals surface area (Å²) in [4.78, 5) is 17.3. The molecule has 152 valence electrons. The molecule has 5 heteroatoms. The molecule has 0 N–H and O–H groups in total. The van der Waals surface area contributed by atoms with Gasteiger partial charge in [0.1, 0.15) is 0 Å². The summed E-state index contributed by atoms with van der Waals surface area (Å²) in [7, 11) is 0. The monoisotopic (exact) mass is 430 g/mol. The summed E-state index contributed by atoms with van der Waals surface area (Å²) in [5, 5.41) is 0. The first-order valence-electron chi connectivity index (χ1n) is 10.3. The Morgan fingerprint density at radius 1 is 0.469 bits per heavy atom. The summed E-state index contributed by atoms with van der Waals surface area (Å²) in [6.45, 7) is 0. The van der Waals surface area contributed by atoms with Gasteiger partial charge in [0.05, 0.1) is 11.4 Å². The Morgan fingerprint density at radius 2 is 0.906 bits per heavy atom. The number of hydrogen-bond donors (Lipinski definition) is 0. The molecule has 0 amide bonds. The van der Waals surface area contributed by atoms with Gasteiger partial charge >= 0.3 is 0 Å². The van der Waals surface area contributed by atoms with Crippen molar-refractivity contribution in [2.75, 3.05) is 4.90 Å². The topological polar surface area (TPSA) is 41.9 Å². The second-order valence-corrected chi connectivity index (χ2v) is 8.56. The Bertz CT molecular complexity index is 1300. The minimum Gasteiger partial charge on any atom is -0.308 e. The van der Waals surface area contributed by atoms with Gasteiger partial charge in [-0.2, -0.15) is 0 Å². The van der Waals surface area contributed by atoms with Crippen LogP contribution < -0.4 is 4.90 Å². The highest BCUT2D eigenvalue weighted by Crippen LogP contribution is 2.52. The molecule has 2 aromatic carbocycles. The highest BCUT2D eigenvalue weighted by atomic mass is 32.2. The number of anilines is 3. The van der Waals surface area contributed by atoms with Crippen LogP contribution in [0, 0.1) is 0 Å². The fourth-order valence-electron chi connectivity index (χ4n) is 4.03. The van der Waals surface area contributed by atoms with E-state index in [-0.39, 0.29) is 0 Å². The highest BCUT2D eigenvalue weighted by molar-refractivity contribution is 7.99. The molecule has 0 fully saturated rings. The van der Waals surface area contributed by atoms with Gasteiger partial charge < -0.3 is 4.90 Å². The Balaban J connectivity index is 1.51. The number of nitrogens with zero attached hydrogens (tertiary/aromatic N) is 4. The number of aromatic nitrogens is 3. The predicted octanol–water partition coefficient (Wildman–Crippen LogP) is 7.14. The molecule has 0 aliphatic carbocycles. The molecule has 0 atom stereocenters. The van der Waals surface area contributed by atoms with Crippen LogP contribution in [-0.4, -0.2) is 15.0 Å². The van der Waals surface area contributed by atoms with E-state index in [4.69, 9.17) is 0 Å². The lowest BCUT2D eigenvalue weighted by molar-refractivity contribution is 1.15. The summed E-state index contributed by atoms with van der Waals surface area (Å²) in [6.07, 6.45) is 11.0. The summed E-state index contributed by atoms with van der Waals surface area (Å²) in [6, 6.07) is 25.6. The van der Waals surface area contributed by atoms with Gasteiger partial charge in [-0.25, -0.2) is 0 Å². The van der Waals surface area contributed by atoms with Crippen molar-refractivity contribution in [2.24, 2.45) is 0 Å². The molecular weight excluding hydrogens is 412 g/mol. The number of rotatable bonds is 3. The number of fused-ring (bicyclic) bond motifs is 2. The zero-order valence-corrected chi connectivity index (χ0v) is 17.9. The van der Waals surface area contributed by atoms with Crippen molar-refractivity contribution in [1.82, 2.24) is 15.0 Å². The quantitative estimate of drug-likeness (QED) is 0.298. The summed E-state index contributed by atoms with van der Waals surface area (Å²) in [5.41, 5.74) is 8.12.